The van der Waals surface area contributed by atoms with E-state index in [1.54, 1.807) is 0 Å². The smallest absolute Gasteiger partial charge is 0.310 e. The predicted molar refractivity (Wildman–Crippen MR) is 71.5 cm³/mol. The van der Waals surface area contributed by atoms with Crippen LogP contribution in [0.4, 0.5) is 0 Å². The minimum atomic E-state index is -0.314. The Morgan fingerprint density at radius 2 is 2.00 bits per heavy atom. The number of cyclic esters (lactones) is 1. The summed E-state index contributed by atoms with van der Waals surface area (Å²) >= 11 is 0. The van der Waals surface area contributed by atoms with Gasteiger partial charge in [-0.15, -0.1) is 0 Å². The number of benzene rings is 1. The van der Waals surface area contributed by atoms with Gasteiger partial charge in [0.05, 0.1) is 12.3 Å². The fraction of sp³-hybridized carbons (Fsp3) is 0.500. The second-order valence-electron chi connectivity index (χ2n) is 6.15. The number of carbonyl (C=O) groups excluding carboxylic acids is 2. The van der Waals surface area contributed by atoms with Crippen LogP contribution in [-0.4, -0.2) is 18.0 Å². The van der Waals surface area contributed by atoms with E-state index in [4.69, 9.17) is 9.47 Å². The van der Waals surface area contributed by atoms with Gasteiger partial charge in [-0.25, -0.2) is 0 Å². The SMILES string of the molecule is CC1(C)C2C(=O)O[C@@H](CC(=O)OCc3ccccc3)C21. The summed E-state index contributed by atoms with van der Waals surface area (Å²) in [5.41, 5.74) is 0.925. The molecule has 0 radical (unpaired) electrons. The highest BCUT2D eigenvalue weighted by Gasteiger charge is 2.71. The van der Waals surface area contributed by atoms with Crippen molar-refractivity contribution in [2.75, 3.05) is 0 Å². The molecule has 3 atom stereocenters. The minimum Gasteiger partial charge on any atom is -0.461 e. The van der Waals surface area contributed by atoms with E-state index in [1.807, 2.05) is 44.2 Å². The molecule has 20 heavy (non-hydrogen) atoms. The van der Waals surface area contributed by atoms with Gasteiger partial charge in [-0.1, -0.05) is 44.2 Å². The van der Waals surface area contributed by atoms with Crippen molar-refractivity contribution in [1.29, 1.82) is 0 Å². The van der Waals surface area contributed by atoms with Crippen LogP contribution in [0.15, 0.2) is 30.3 Å². The van der Waals surface area contributed by atoms with Gasteiger partial charge in [0.1, 0.15) is 12.7 Å². The van der Waals surface area contributed by atoms with E-state index in [0.29, 0.717) is 0 Å². The van der Waals surface area contributed by atoms with E-state index in [9.17, 15) is 9.59 Å². The first-order valence-corrected chi connectivity index (χ1v) is 6.90. The summed E-state index contributed by atoms with van der Waals surface area (Å²) in [6.07, 6.45) is -0.158. The zero-order chi connectivity index (χ0) is 14.3. The average Bonchev–Trinajstić information content (AvgIpc) is 2.81. The maximum Gasteiger partial charge on any atom is 0.310 e. The number of esters is 2. The Labute approximate surface area is 118 Å². The Bertz CT molecular complexity index is 535. The molecule has 1 saturated heterocycles. The van der Waals surface area contributed by atoms with Crippen LogP contribution in [0, 0.1) is 17.3 Å². The van der Waals surface area contributed by atoms with Crippen molar-refractivity contribution in [3.8, 4) is 0 Å². The van der Waals surface area contributed by atoms with E-state index in [1.165, 1.54) is 0 Å². The molecule has 3 rings (SSSR count). The third kappa shape index (κ3) is 2.19. The molecular formula is C16H18O4. The lowest BCUT2D eigenvalue weighted by atomic mass is 10.0. The first kappa shape index (κ1) is 13.2. The molecule has 1 saturated carbocycles. The molecule has 4 nitrogen and oxygen atoms in total. The zero-order valence-corrected chi connectivity index (χ0v) is 11.7. The molecule has 2 fully saturated rings. The summed E-state index contributed by atoms with van der Waals surface area (Å²) in [5.74, 6) is -0.343. The molecule has 1 heterocycles. The highest BCUT2D eigenvalue weighted by atomic mass is 16.6. The molecule has 0 bridgehead atoms. The summed E-state index contributed by atoms with van der Waals surface area (Å²) < 4.78 is 10.5. The monoisotopic (exact) mass is 274 g/mol. The van der Waals surface area contributed by atoms with Gasteiger partial charge in [-0.2, -0.15) is 0 Å². The van der Waals surface area contributed by atoms with E-state index in [2.05, 4.69) is 0 Å². The van der Waals surface area contributed by atoms with Crippen molar-refractivity contribution in [1.82, 2.24) is 0 Å². The second-order valence-corrected chi connectivity index (χ2v) is 6.15. The molecule has 0 N–H and O–H groups in total. The lowest BCUT2D eigenvalue weighted by Gasteiger charge is -2.17. The Morgan fingerprint density at radius 3 is 2.60 bits per heavy atom. The van der Waals surface area contributed by atoms with Gasteiger partial charge in [-0.05, 0) is 11.0 Å². The van der Waals surface area contributed by atoms with Gasteiger partial charge in [-0.3, -0.25) is 9.59 Å². The Morgan fingerprint density at radius 1 is 1.30 bits per heavy atom. The van der Waals surface area contributed by atoms with Crippen LogP contribution in [0.5, 0.6) is 0 Å². The van der Waals surface area contributed by atoms with E-state index in [-0.39, 0.29) is 48.3 Å². The Kier molecular flexibility index (Phi) is 3.04. The van der Waals surface area contributed by atoms with Crippen LogP contribution in [0.25, 0.3) is 0 Å². The topological polar surface area (TPSA) is 52.6 Å². The van der Waals surface area contributed by atoms with Gasteiger partial charge in [0, 0.05) is 5.92 Å². The number of hydrogen-bond acceptors (Lipinski definition) is 4. The molecule has 1 aliphatic heterocycles. The molecule has 4 heteroatoms. The normalized spacial score (nSPS) is 29.5. The quantitative estimate of drug-likeness (QED) is 0.791. The number of ether oxygens (including phenoxy) is 2. The molecular weight excluding hydrogens is 256 g/mol. The number of fused-ring (bicyclic) bond motifs is 1. The van der Waals surface area contributed by atoms with Crippen LogP contribution >= 0.6 is 0 Å². The van der Waals surface area contributed by atoms with Gasteiger partial charge in [0.2, 0.25) is 0 Å². The Hall–Kier alpha value is -1.84. The van der Waals surface area contributed by atoms with Crippen molar-refractivity contribution >= 4 is 11.9 Å². The maximum atomic E-state index is 11.8. The van der Waals surface area contributed by atoms with E-state index in [0.717, 1.165) is 5.56 Å². The second kappa shape index (κ2) is 4.62. The standard InChI is InChI=1S/C16H18O4/c1-16(2)13-11(20-15(18)14(13)16)8-12(17)19-9-10-6-4-3-5-7-10/h3-7,11,13-14H,8-9H2,1-2H3/t11-,13?,14?/m0/s1. The largest absolute Gasteiger partial charge is 0.461 e. The molecule has 1 aliphatic carbocycles. The Balaban J connectivity index is 1.52. The number of rotatable bonds is 4. The third-order valence-corrected chi connectivity index (χ3v) is 4.44. The molecule has 106 valence electrons. The van der Waals surface area contributed by atoms with Crippen LogP contribution < -0.4 is 0 Å². The van der Waals surface area contributed by atoms with Crippen LogP contribution in [0.2, 0.25) is 0 Å². The molecule has 0 spiro atoms. The molecule has 0 amide bonds. The minimum absolute atomic E-state index is 0.0281. The lowest BCUT2D eigenvalue weighted by molar-refractivity contribution is -0.154. The fourth-order valence-electron chi connectivity index (χ4n) is 3.25. The first-order chi connectivity index (χ1) is 9.50. The summed E-state index contributed by atoms with van der Waals surface area (Å²) in [4.78, 5) is 23.5. The molecule has 2 aliphatic rings. The number of hydrogen-bond donors (Lipinski definition) is 0. The lowest BCUT2D eigenvalue weighted by Crippen LogP contribution is -2.23. The number of carbonyl (C=O) groups is 2. The summed E-state index contributed by atoms with van der Waals surface area (Å²) in [5, 5.41) is 0. The average molecular weight is 274 g/mol. The molecule has 1 aromatic carbocycles. The predicted octanol–water partition coefficient (Wildman–Crippen LogP) is 2.32. The van der Waals surface area contributed by atoms with Gasteiger partial charge >= 0.3 is 11.9 Å². The van der Waals surface area contributed by atoms with Crippen LogP contribution in [-0.2, 0) is 25.7 Å². The van der Waals surface area contributed by atoms with Crippen LogP contribution in [0.1, 0.15) is 25.8 Å². The van der Waals surface area contributed by atoms with Crippen LogP contribution in [0.3, 0.4) is 0 Å². The van der Waals surface area contributed by atoms with Crippen molar-refractivity contribution in [2.45, 2.75) is 33.0 Å². The third-order valence-electron chi connectivity index (χ3n) is 4.44. The molecule has 1 aromatic rings. The highest BCUT2D eigenvalue weighted by Crippen LogP contribution is 2.65. The van der Waals surface area contributed by atoms with Gasteiger partial charge in [0.25, 0.3) is 0 Å². The highest BCUT2D eigenvalue weighted by molar-refractivity contribution is 5.82. The van der Waals surface area contributed by atoms with Crippen molar-refractivity contribution in [3.63, 3.8) is 0 Å². The summed E-state index contributed by atoms with van der Waals surface area (Å²) in [7, 11) is 0. The van der Waals surface area contributed by atoms with Gasteiger partial charge in [0.15, 0.2) is 0 Å². The van der Waals surface area contributed by atoms with Crippen molar-refractivity contribution < 1.29 is 19.1 Å². The molecule has 0 aromatic heterocycles. The van der Waals surface area contributed by atoms with E-state index < -0.39 is 0 Å². The van der Waals surface area contributed by atoms with Crippen molar-refractivity contribution in [2.24, 2.45) is 17.3 Å². The van der Waals surface area contributed by atoms with Crippen molar-refractivity contribution in [3.05, 3.63) is 35.9 Å². The zero-order valence-electron chi connectivity index (χ0n) is 11.7. The fourth-order valence-corrected chi connectivity index (χ4v) is 3.25. The summed E-state index contributed by atoms with van der Waals surface area (Å²) in [6.45, 7) is 4.36. The maximum absolute atomic E-state index is 11.8. The summed E-state index contributed by atoms with van der Waals surface area (Å²) in [6, 6.07) is 9.53. The van der Waals surface area contributed by atoms with E-state index >= 15 is 0 Å². The first-order valence-electron chi connectivity index (χ1n) is 6.90. The molecule has 2 unspecified atom stereocenters. The van der Waals surface area contributed by atoms with Gasteiger partial charge < -0.3 is 9.47 Å².